The molecule has 2 aliphatic heterocycles. The van der Waals surface area contributed by atoms with Crippen LogP contribution in [0.1, 0.15) is 12.8 Å². The molecule has 0 amide bonds. The molecule has 0 N–H and O–H groups in total. The van der Waals surface area contributed by atoms with Crippen molar-refractivity contribution in [2.75, 3.05) is 26.4 Å². The fraction of sp³-hybridized carbons (Fsp3) is 0.333. The average molecular weight is 300 g/mol. The minimum absolute atomic E-state index is 0.761. The molecule has 0 aliphatic carbocycles. The SMILES string of the molecule is c1ccc2c(c1)OCCCO2.c1ccc2c(c1)OCCCO2. The Balaban J connectivity index is 0.000000131. The maximum atomic E-state index is 5.42. The molecule has 0 bridgehead atoms. The predicted molar refractivity (Wildman–Crippen MR) is 84.1 cm³/mol. The lowest BCUT2D eigenvalue weighted by atomic mass is 10.3. The zero-order valence-corrected chi connectivity index (χ0v) is 12.5. The monoisotopic (exact) mass is 300 g/mol. The van der Waals surface area contributed by atoms with Crippen molar-refractivity contribution in [1.29, 1.82) is 0 Å². The lowest BCUT2D eigenvalue weighted by Crippen LogP contribution is -1.97. The molecule has 4 nitrogen and oxygen atoms in total. The van der Waals surface area contributed by atoms with Crippen molar-refractivity contribution >= 4 is 0 Å². The number of benzene rings is 2. The number of hydrogen-bond donors (Lipinski definition) is 0. The zero-order chi connectivity index (χ0) is 15.0. The Morgan fingerprint density at radius 2 is 0.727 bits per heavy atom. The van der Waals surface area contributed by atoms with Crippen molar-refractivity contribution in [3.63, 3.8) is 0 Å². The van der Waals surface area contributed by atoms with Gasteiger partial charge in [0.2, 0.25) is 0 Å². The fourth-order valence-corrected chi connectivity index (χ4v) is 2.22. The van der Waals surface area contributed by atoms with Gasteiger partial charge in [-0.2, -0.15) is 0 Å². The molecule has 0 unspecified atom stereocenters. The van der Waals surface area contributed by atoms with E-state index in [-0.39, 0.29) is 0 Å². The van der Waals surface area contributed by atoms with Crippen LogP contribution in [0.4, 0.5) is 0 Å². The van der Waals surface area contributed by atoms with Crippen LogP contribution >= 0.6 is 0 Å². The Morgan fingerprint density at radius 3 is 1.00 bits per heavy atom. The first-order valence-electron chi connectivity index (χ1n) is 7.63. The Kier molecular flexibility index (Phi) is 5.03. The van der Waals surface area contributed by atoms with Crippen LogP contribution < -0.4 is 18.9 Å². The zero-order valence-electron chi connectivity index (χ0n) is 12.5. The maximum Gasteiger partial charge on any atom is 0.161 e. The second kappa shape index (κ2) is 7.59. The van der Waals surface area contributed by atoms with Crippen molar-refractivity contribution in [3.05, 3.63) is 48.5 Å². The highest BCUT2D eigenvalue weighted by molar-refractivity contribution is 5.40. The molecule has 116 valence electrons. The molecule has 0 saturated carbocycles. The number of hydrogen-bond acceptors (Lipinski definition) is 4. The van der Waals surface area contributed by atoms with E-state index >= 15 is 0 Å². The van der Waals surface area contributed by atoms with E-state index in [9.17, 15) is 0 Å². The fourth-order valence-electron chi connectivity index (χ4n) is 2.22. The number of para-hydroxylation sites is 4. The molecule has 0 atom stereocenters. The van der Waals surface area contributed by atoms with E-state index in [0.29, 0.717) is 0 Å². The molecular weight excluding hydrogens is 280 g/mol. The van der Waals surface area contributed by atoms with E-state index in [2.05, 4.69) is 0 Å². The summed E-state index contributed by atoms with van der Waals surface area (Å²) in [6.07, 6.45) is 1.93. The molecule has 2 heterocycles. The first kappa shape index (κ1) is 14.6. The summed E-state index contributed by atoms with van der Waals surface area (Å²) in [4.78, 5) is 0. The van der Waals surface area contributed by atoms with Gasteiger partial charge in [0.05, 0.1) is 26.4 Å². The second-order valence-electron chi connectivity index (χ2n) is 4.99. The van der Waals surface area contributed by atoms with Crippen LogP contribution in [0.25, 0.3) is 0 Å². The molecular formula is C18H20O4. The van der Waals surface area contributed by atoms with Gasteiger partial charge in [0.1, 0.15) is 0 Å². The normalized spacial score (nSPS) is 15.6. The highest BCUT2D eigenvalue weighted by atomic mass is 16.5. The Hall–Kier alpha value is -2.36. The molecule has 2 aromatic carbocycles. The van der Waals surface area contributed by atoms with Crippen molar-refractivity contribution in [2.45, 2.75) is 12.8 Å². The Bertz CT molecular complexity index is 494. The highest BCUT2D eigenvalue weighted by Gasteiger charge is 2.07. The third-order valence-electron chi connectivity index (χ3n) is 3.31. The van der Waals surface area contributed by atoms with Gasteiger partial charge in [-0.3, -0.25) is 0 Å². The highest BCUT2D eigenvalue weighted by Crippen LogP contribution is 2.28. The van der Waals surface area contributed by atoms with Crippen LogP contribution in [-0.4, -0.2) is 26.4 Å². The molecule has 0 fully saturated rings. The van der Waals surface area contributed by atoms with E-state index in [4.69, 9.17) is 18.9 Å². The molecule has 2 aliphatic rings. The topological polar surface area (TPSA) is 36.9 Å². The first-order chi connectivity index (χ1) is 10.9. The van der Waals surface area contributed by atoms with E-state index < -0.39 is 0 Å². The smallest absolute Gasteiger partial charge is 0.161 e. The molecule has 22 heavy (non-hydrogen) atoms. The molecule has 0 radical (unpaired) electrons. The molecule has 4 heteroatoms. The minimum Gasteiger partial charge on any atom is -0.490 e. The number of ether oxygens (including phenoxy) is 4. The van der Waals surface area contributed by atoms with Crippen LogP contribution in [0.2, 0.25) is 0 Å². The van der Waals surface area contributed by atoms with Gasteiger partial charge in [-0.25, -0.2) is 0 Å². The van der Waals surface area contributed by atoms with Gasteiger partial charge in [-0.05, 0) is 24.3 Å². The van der Waals surface area contributed by atoms with Gasteiger partial charge in [0.25, 0.3) is 0 Å². The van der Waals surface area contributed by atoms with Crippen molar-refractivity contribution in [3.8, 4) is 23.0 Å². The third kappa shape index (κ3) is 3.85. The van der Waals surface area contributed by atoms with E-state index in [1.807, 2.05) is 48.5 Å². The third-order valence-corrected chi connectivity index (χ3v) is 3.31. The van der Waals surface area contributed by atoms with Gasteiger partial charge in [0.15, 0.2) is 23.0 Å². The summed E-state index contributed by atoms with van der Waals surface area (Å²) in [6, 6.07) is 15.5. The van der Waals surface area contributed by atoms with Crippen LogP contribution in [0.15, 0.2) is 48.5 Å². The average Bonchev–Trinajstić information content (AvgIpc) is 2.95. The van der Waals surface area contributed by atoms with Crippen molar-refractivity contribution < 1.29 is 18.9 Å². The Labute approximate surface area is 130 Å². The summed E-state index contributed by atoms with van der Waals surface area (Å²) in [5.74, 6) is 3.46. The van der Waals surface area contributed by atoms with Gasteiger partial charge in [-0.1, -0.05) is 24.3 Å². The largest absolute Gasteiger partial charge is 0.490 e. The van der Waals surface area contributed by atoms with E-state index in [1.165, 1.54) is 0 Å². The first-order valence-corrected chi connectivity index (χ1v) is 7.63. The van der Waals surface area contributed by atoms with Crippen molar-refractivity contribution in [2.24, 2.45) is 0 Å². The molecule has 2 aromatic rings. The Morgan fingerprint density at radius 1 is 0.455 bits per heavy atom. The molecule has 0 saturated heterocycles. The summed E-state index contributed by atoms with van der Waals surface area (Å²) in [7, 11) is 0. The van der Waals surface area contributed by atoms with Gasteiger partial charge in [-0.15, -0.1) is 0 Å². The summed E-state index contributed by atoms with van der Waals surface area (Å²) in [5, 5.41) is 0. The standard InChI is InChI=1S/2C9H10O2/c2*1-2-5-9-8(4-1)10-6-3-7-11-9/h2*1-2,4-5H,3,6-7H2. The lowest BCUT2D eigenvalue weighted by Gasteiger charge is -2.04. The summed E-state index contributed by atoms with van der Waals surface area (Å²) < 4.78 is 21.7. The second-order valence-corrected chi connectivity index (χ2v) is 4.99. The van der Waals surface area contributed by atoms with E-state index in [0.717, 1.165) is 62.3 Å². The predicted octanol–water partition coefficient (Wildman–Crippen LogP) is 3.70. The summed E-state index contributed by atoms with van der Waals surface area (Å²) in [5.41, 5.74) is 0. The number of fused-ring (bicyclic) bond motifs is 2. The van der Waals surface area contributed by atoms with Gasteiger partial charge in [0, 0.05) is 12.8 Å². The maximum absolute atomic E-state index is 5.42. The van der Waals surface area contributed by atoms with Crippen molar-refractivity contribution in [1.82, 2.24) is 0 Å². The van der Waals surface area contributed by atoms with Crippen LogP contribution in [-0.2, 0) is 0 Å². The van der Waals surface area contributed by atoms with Gasteiger partial charge >= 0.3 is 0 Å². The lowest BCUT2D eigenvalue weighted by molar-refractivity contribution is 0.296. The molecule has 0 spiro atoms. The number of rotatable bonds is 0. The summed E-state index contributed by atoms with van der Waals surface area (Å²) >= 11 is 0. The van der Waals surface area contributed by atoms with Crippen LogP contribution in [0.5, 0.6) is 23.0 Å². The summed E-state index contributed by atoms with van der Waals surface area (Å²) in [6.45, 7) is 3.04. The van der Waals surface area contributed by atoms with Crippen LogP contribution in [0, 0.1) is 0 Å². The molecule has 0 aromatic heterocycles. The van der Waals surface area contributed by atoms with Crippen LogP contribution in [0.3, 0.4) is 0 Å². The molecule has 4 rings (SSSR count). The van der Waals surface area contributed by atoms with Gasteiger partial charge < -0.3 is 18.9 Å². The minimum atomic E-state index is 0.761. The quantitative estimate of drug-likeness (QED) is 0.743. The van der Waals surface area contributed by atoms with E-state index in [1.54, 1.807) is 0 Å².